The van der Waals surface area contributed by atoms with Crippen molar-refractivity contribution >= 4 is 38.5 Å². The molecule has 0 saturated carbocycles. The van der Waals surface area contributed by atoms with Crippen LogP contribution in [0.25, 0.3) is 11.4 Å². The molecular formula is C18H16BrN3O3S. The van der Waals surface area contributed by atoms with Crippen LogP contribution in [-0.2, 0) is 4.79 Å². The summed E-state index contributed by atoms with van der Waals surface area (Å²) in [6.07, 6.45) is 0. The third-order valence-electron chi connectivity index (χ3n) is 3.28. The van der Waals surface area contributed by atoms with Crippen LogP contribution in [0.1, 0.15) is 6.92 Å². The summed E-state index contributed by atoms with van der Waals surface area (Å²) in [7, 11) is 0. The average molecular weight is 434 g/mol. The molecule has 0 aliphatic heterocycles. The number of carbonyl (C=O) groups is 1. The Balaban J connectivity index is 1.55. The minimum atomic E-state index is -0.290. The van der Waals surface area contributed by atoms with Crippen molar-refractivity contribution < 1.29 is 14.3 Å². The molecule has 6 nitrogen and oxygen atoms in total. The molecule has 0 spiro atoms. The zero-order valence-corrected chi connectivity index (χ0v) is 16.3. The van der Waals surface area contributed by atoms with E-state index in [1.54, 1.807) is 12.1 Å². The number of hydrogen-bond acceptors (Lipinski definition) is 6. The van der Waals surface area contributed by atoms with E-state index in [0.29, 0.717) is 23.3 Å². The van der Waals surface area contributed by atoms with Gasteiger partial charge in [-0.1, -0.05) is 15.9 Å². The highest BCUT2D eigenvalue weighted by molar-refractivity contribution is 9.10. The van der Waals surface area contributed by atoms with Crippen molar-refractivity contribution in [1.82, 2.24) is 9.36 Å². The number of nitrogens with one attached hydrogen (secondary N) is 1. The van der Waals surface area contributed by atoms with Gasteiger partial charge in [-0.25, -0.2) is 0 Å². The van der Waals surface area contributed by atoms with Gasteiger partial charge in [0.15, 0.2) is 12.4 Å². The summed E-state index contributed by atoms with van der Waals surface area (Å²) in [5.41, 5.74) is 0.858. The maximum Gasteiger partial charge on any atom is 0.264 e. The Morgan fingerprint density at radius 1 is 1.08 bits per heavy atom. The van der Waals surface area contributed by atoms with Gasteiger partial charge in [-0.15, -0.1) is 0 Å². The van der Waals surface area contributed by atoms with Crippen LogP contribution >= 0.6 is 27.5 Å². The second kappa shape index (κ2) is 8.77. The highest BCUT2D eigenvalue weighted by atomic mass is 79.9. The second-order valence-electron chi connectivity index (χ2n) is 5.17. The van der Waals surface area contributed by atoms with Gasteiger partial charge in [0.05, 0.1) is 6.61 Å². The van der Waals surface area contributed by atoms with Crippen molar-refractivity contribution in [3.8, 4) is 22.9 Å². The lowest BCUT2D eigenvalue weighted by Crippen LogP contribution is -2.20. The van der Waals surface area contributed by atoms with Gasteiger partial charge in [-0.05, 0) is 55.5 Å². The Hall–Kier alpha value is -2.45. The average Bonchev–Trinajstić information content (AvgIpc) is 3.10. The van der Waals surface area contributed by atoms with E-state index in [9.17, 15) is 4.79 Å². The van der Waals surface area contributed by atoms with E-state index < -0.39 is 0 Å². The number of anilines is 1. The summed E-state index contributed by atoms with van der Waals surface area (Å²) in [5, 5.41) is 3.12. The fourth-order valence-corrected chi connectivity index (χ4v) is 2.96. The molecule has 3 aromatic rings. The lowest BCUT2D eigenvalue weighted by molar-refractivity contribution is -0.118. The Labute approximate surface area is 163 Å². The summed E-state index contributed by atoms with van der Waals surface area (Å²) < 4.78 is 16.1. The van der Waals surface area contributed by atoms with Gasteiger partial charge in [0, 0.05) is 21.6 Å². The van der Waals surface area contributed by atoms with E-state index in [0.717, 1.165) is 27.3 Å². The number of amides is 1. The first-order chi connectivity index (χ1) is 12.6. The minimum absolute atomic E-state index is 0.0976. The van der Waals surface area contributed by atoms with Crippen molar-refractivity contribution in [2.24, 2.45) is 0 Å². The smallest absolute Gasteiger partial charge is 0.264 e. The van der Waals surface area contributed by atoms with Crippen LogP contribution < -0.4 is 14.8 Å². The Morgan fingerprint density at radius 3 is 2.42 bits per heavy atom. The molecule has 26 heavy (non-hydrogen) atoms. The molecule has 0 bridgehead atoms. The molecule has 0 unspecified atom stereocenters. The topological polar surface area (TPSA) is 73.3 Å². The molecule has 0 aliphatic rings. The summed E-state index contributed by atoms with van der Waals surface area (Å²) >= 11 is 4.47. The molecule has 134 valence electrons. The van der Waals surface area contributed by atoms with Gasteiger partial charge in [-0.3, -0.25) is 10.1 Å². The number of rotatable bonds is 7. The normalized spacial score (nSPS) is 10.4. The van der Waals surface area contributed by atoms with Crippen molar-refractivity contribution in [2.45, 2.75) is 6.92 Å². The number of nitrogens with zero attached hydrogens (tertiary/aromatic N) is 2. The van der Waals surface area contributed by atoms with Crippen molar-refractivity contribution in [3.05, 3.63) is 53.0 Å². The largest absolute Gasteiger partial charge is 0.494 e. The second-order valence-corrected chi connectivity index (χ2v) is 6.84. The molecule has 1 amide bonds. The molecule has 8 heteroatoms. The van der Waals surface area contributed by atoms with Gasteiger partial charge in [-0.2, -0.15) is 9.36 Å². The van der Waals surface area contributed by atoms with Crippen LogP contribution in [-0.4, -0.2) is 28.5 Å². The van der Waals surface area contributed by atoms with Crippen LogP contribution in [0.2, 0.25) is 0 Å². The zero-order valence-electron chi connectivity index (χ0n) is 13.9. The SMILES string of the molecule is CCOc1ccc(-c2nsc(NC(=O)COc3ccc(Br)cc3)n2)cc1. The van der Waals surface area contributed by atoms with E-state index in [4.69, 9.17) is 9.47 Å². The lowest BCUT2D eigenvalue weighted by Gasteiger charge is -2.05. The lowest BCUT2D eigenvalue weighted by atomic mass is 10.2. The first-order valence-electron chi connectivity index (χ1n) is 7.89. The molecule has 2 aromatic carbocycles. The van der Waals surface area contributed by atoms with Crippen molar-refractivity contribution in [2.75, 3.05) is 18.5 Å². The van der Waals surface area contributed by atoms with Crippen LogP contribution in [0.5, 0.6) is 11.5 Å². The van der Waals surface area contributed by atoms with E-state index in [1.807, 2.05) is 43.3 Å². The molecule has 0 atom stereocenters. The molecule has 1 N–H and O–H groups in total. The molecule has 1 heterocycles. The molecule has 0 radical (unpaired) electrons. The van der Waals surface area contributed by atoms with Gasteiger partial charge < -0.3 is 9.47 Å². The Morgan fingerprint density at radius 2 is 1.73 bits per heavy atom. The number of hydrogen-bond donors (Lipinski definition) is 1. The number of benzene rings is 2. The third kappa shape index (κ3) is 5.03. The maximum absolute atomic E-state index is 12.0. The van der Waals surface area contributed by atoms with Crippen LogP contribution in [0.3, 0.4) is 0 Å². The zero-order chi connectivity index (χ0) is 18.4. The summed E-state index contributed by atoms with van der Waals surface area (Å²) in [6.45, 7) is 2.46. The summed E-state index contributed by atoms with van der Waals surface area (Å²) in [4.78, 5) is 16.3. The molecule has 0 fully saturated rings. The highest BCUT2D eigenvalue weighted by Crippen LogP contribution is 2.23. The first kappa shape index (κ1) is 18.3. The Kier molecular flexibility index (Phi) is 6.19. The summed E-state index contributed by atoms with van der Waals surface area (Å²) in [6, 6.07) is 14.8. The third-order valence-corrected chi connectivity index (χ3v) is 4.44. The standard InChI is InChI=1S/C18H16BrN3O3S/c1-2-24-14-7-3-12(4-8-14)17-21-18(26-22-17)20-16(23)11-25-15-9-5-13(19)6-10-15/h3-10H,2,11H2,1H3,(H,20,21,22,23). The molecule has 0 aliphatic carbocycles. The fraction of sp³-hybridized carbons (Fsp3) is 0.167. The van der Waals surface area contributed by atoms with Crippen LogP contribution in [0.4, 0.5) is 5.13 Å². The monoisotopic (exact) mass is 433 g/mol. The quantitative estimate of drug-likeness (QED) is 0.598. The molecule has 0 saturated heterocycles. The fourth-order valence-electron chi connectivity index (χ4n) is 2.09. The Bertz CT molecular complexity index is 866. The van der Waals surface area contributed by atoms with E-state index >= 15 is 0 Å². The predicted octanol–water partition coefficient (Wildman–Crippen LogP) is 4.38. The molecular weight excluding hydrogens is 418 g/mol. The van der Waals surface area contributed by atoms with Crippen LogP contribution in [0, 0.1) is 0 Å². The van der Waals surface area contributed by atoms with E-state index in [-0.39, 0.29) is 12.5 Å². The van der Waals surface area contributed by atoms with Crippen molar-refractivity contribution in [3.63, 3.8) is 0 Å². The van der Waals surface area contributed by atoms with Crippen molar-refractivity contribution in [1.29, 1.82) is 0 Å². The predicted molar refractivity (Wildman–Crippen MR) is 105 cm³/mol. The van der Waals surface area contributed by atoms with E-state index in [2.05, 4.69) is 30.6 Å². The summed E-state index contributed by atoms with van der Waals surface area (Å²) in [5.74, 6) is 1.69. The minimum Gasteiger partial charge on any atom is -0.494 e. The molecule has 3 rings (SSSR count). The van der Waals surface area contributed by atoms with E-state index in [1.165, 1.54) is 0 Å². The van der Waals surface area contributed by atoms with Gasteiger partial charge in [0.25, 0.3) is 5.91 Å². The number of halogens is 1. The highest BCUT2D eigenvalue weighted by Gasteiger charge is 2.10. The maximum atomic E-state index is 12.0. The van der Waals surface area contributed by atoms with Crippen LogP contribution in [0.15, 0.2) is 53.0 Å². The number of aromatic nitrogens is 2. The van der Waals surface area contributed by atoms with Gasteiger partial charge in [0.1, 0.15) is 11.5 Å². The van der Waals surface area contributed by atoms with Gasteiger partial charge in [0.2, 0.25) is 5.13 Å². The van der Waals surface area contributed by atoms with Gasteiger partial charge >= 0.3 is 0 Å². The first-order valence-corrected chi connectivity index (χ1v) is 9.46. The molecule has 1 aromatic heterocycles. The number of carbonyl (C=O) groups excluding carboxylic acids is 1. The number of ether oxygens (including phenoxy) is 2.